The summed E-state index contributed by atoms with van der Waals surface area (Å²) < 4.78 is 7.37. The van der Waals surface area contributed by atoms with Crippen molar-refractivity contribution in [2.24, 2.45) is 0 Å². The smallest absolute Gasteiger partial charge is 0.256 e. The molecule has 0 bridgehead atoms. The first-order valence-corrected chi connectivity index (χ1v) is 9.08. The van der Waals surface area contributed by atoms with Gasteiger partial charge in [-0.1, -0.05) is 31.1 Å². The Morgan fingerprint density at radius 1 is 1.22 bits per heavy atom. The topological polar surface area (TPSA) is 80.3 Å². The normalized spacial score (nSPS) is 13.6. The van der Waals surface area contributed by atoms with E-state index in [-0.39, 0.29) is 5.91 Å². The summed E-state index contributed by atoms with van der Waals surface area (Å²) in [5.41, 5.74) is 2.97. The lowest BCUT2D eigenvalue weighted by atomic mass is 10.1. The molecular formula is C19H22N6O2. The minimum absolute atomic E-state index is 0.0180. The number of hydrogen-bond acceptors (Lipinski definition) is 6. The molecule has 3 aromatic rings. The molecule has 0 spiro atoms. The summed E-state index contributed by atoms with van der Waals surface area (Å²) in [4.78, 5) is 25.6. The SMILES string of the molecule is CCN(CC)Cc1nc(-c2ncn3c2CN(C)C(=O)c2ccccc2-3)no1. The van der Waals surface area contributed by atoms with Crippen LogP contribution >= 0.6 is 0 Å². The zero-order valence-corrected chi connectivity index (χ0v) is 15.7. The van der Waals surface area contributed by atoms with Crippen molar-refractivity contribution in [3.8, 4) is 17.2 Å². The molecule has 0 saturated heterocycles. The number of fused-ring (bicyclic) bond motifs is 3. The Bertz CT molecular complexity index is 972. The molecule has 0 atom stereocenters. The Labute approximate surface area is 157 Å². The van der Waals surface area contributed by atoms with Gasteiger partial charge in [0.05, 0.1) is 30.0 Å². The number of benzene rings is 1. The van der Waals surface area contributed by atoms with E-state index in [4.69, 9.17) is 4.52 Å². The third kappa shape index (κ3) is 3.02. The molecule has 0 saturated carbocycles. The van der Waals surface area contributed by atoms with Crippen molar-refractivity contribution in [3.63, 3.8) is 0 Å². The van der Waals surface area contributed by atoms with Gasteiger partial charge < -0.3 is 9.42 Å². The van der Waals surface area contributed by atoms with Crippen molar-refractivity contribution in [1.29, 1.82) is 0 Å². The summed E-state index contributed by atoms with van der Waals surface area (Å²) in [5, 5.41) is 4.13. The van der Waals surface area contributed by atoms with Crippen molar-refractivity contribution in [1.82, 2.24) is 29.5 Å². The van der Waals surface area contributed by atoms with Crippen molar-refractivity contribution in [2.75, 3.05) is 20.1 Å². The third-order valence-electron chi connectivity index (χ3n) is 4.93. The van der Waals surface area contributed by atoms with Gasteiger partial charge in [0, 0.05) is 7.05 Å². The quantitative estimate of drug-likeness (QED) is 0.690. The van der Waals surface area contributed by atoms with E-state index in [1.54, 1.807) is 18.3 Å². The molecule has 0 aliphatic carbocycles. The van der Waals surface area contributed by atoms with E-state index >= 15 is 0 Å². The number of carbonyl (C=O) groups is 1. The predicted molar refractivity (Wildman–Crippen MR) is 99.3 cm³/mol. The highest BCUT2D eigenvalue weighted by Gasteiger charge is 2.28. The molecule has 0 fully saturated rings. The number of nitrogens with zero attached hydrogens (tertiary/aromatic N) is 6. The highest BCUT2D eigenvalue weighted by molar-refractivity contribution is 5.98. The molecule has 0 unspecified atom stereocenters. The highest BCUT2D eigenvalue weighted by atomic mass is 16.5. The van der Waals surface area contributed by atoms with Gasteiger partial charge in [-0.05, 0) is 25.2 Å². The maximum atomic E-state index is 12.7. The van der Waals surface area contributed by atoms with Gasteiger partial charge in [-0.25, -0.2) is 4.98 Å². The van der Waals surface area contributed by atoms with E-state index in [1.165, 1.54) is 0 Å². The van der Waals surface area contributed by atoms with E-state index in [0.29, 0.717) is 36.1 Å². The van der Waals surface area contributed by atoms with E-state index in [9.17, 15) is 4.79 Å². The van der Waals surface area contributed by atoms with Crippen LogP contribution in [0, 0.1) is 0 Å². The van der Waals surface area contributed by atoms with Crippen molar-refractivity contribution in [3.05, 3.63) is 47.7 Å². The number of amides is 1. The van der Waals surface area contributed by atoms with Crippen LogP contribution in [0.15, 0.2) is 35.1 Å². The highest BCUT2D eigenvalue weighted by Crippen LogP contribution is 2.29. The summed E-state index contributed by atoms with van der Waals surface area (Å²) in [6.45, 7) is 7.05. The van der Waals surface area contributed by atoms with E-state index in [0.717, 1.165) is 24.5 Å². The molecule has 8 nitrogen and oxygen atoms in total. The molecular weight excluding hydrogens is 344 g/mol. The van der Waals surface area contributed by atoms with Crippen LogP contribution in [-0.2, 0) is 13.1 Å². The van der Waals surface area contributed by atoms with Crippen molar-refractivity contribution >= 4 is 5.91 Å². The molecule has 27 heavy (non-hydrogen) atoms. The van der Waals surface area contributed by atoms with E-state index in [2.05, 4.69) is 33.9 Å². The molecule has 8 heteroatoms. The molecule has 1 aliphatic heterocycles. The third-order valence-corrected chi connectivity index (χ3v) is 4.93. The van der Waals surface area contributed by atoms with Crippen molar-refractivity contribution < 1.29 is 9.32 Å². The van der Waals surface area contributed by atoms with E-state index in [1.807, 2.05) is 28.8 Å². The standard InChI is InChI=1S/C19H22N6O2/c1-4-24(5-2)11-16-21-18(22-27-16)17-15-10-23(3)19(26)13-8-6-7-9-14(13)25(15)12-20-17/h6-9,12H,4-5,10-11H2,1-3H3. The lowest BCUT2D eigenvalue weighted by Crippen LogP contribution is -2.25. The number of para-hydroxylation sites is 1. The fraction of sp³-hybridized carbons (Fsp3) is 0.368. The molecule has 4 rings (SSSR count). The first kappa shape index (κ1) is 17.4. The second-order valence-corrected chi connectivity index (χ2v) is 6.56. The van der Waals surface area contributed by atoms with Crippen molar-refractivity contribution in [2.45, 2.75) is 26.9 Å². The number of carbonyl (C=O) groups excluding carboxylic acids is 1. The summed E-state index contributed by atoms with van der Waals surface area (Å²) in [7, 11) is 1.79. The van der Waals surface area contributed by atoms with Gasteiger partial charge in [-0.3, -0.25) is 14.3 Å². The Hall–Kier alpha value is -3.00. The molecule has 0 radical (unpaired) electrons. The Balaban J connectivity index is 1.74. The van der Waals surface area contributed by atoms with E-state index < -0.39 is 0 Å². The fourth-order valence-corrected chi connectivity index (χ4v) is 3.34. The zero-order chi connectivity index (χ0) is 19.0. The van der Waals surface area contributed by atoms with Gasteiger partial charge in [0.2, 0.25) is 11.7 Å². The van der Waals surface area contributed by atoms with Crippen LogP contribution in [0.1, 0.15) is 35.8 Å². The van der Waals surface area contributed by atoms with Crippen LogP contribution in [0.3, 0.4) is 0 Å². The largest absolute Gasteiger partial charge is 0.337 e. The lowest BCUT2D eigenvalue weighted by molar-refractivity contribution is 0.0788. The number of aromatic nitrogens is 4. The second kappa shape index (κ2) is 6.96. The van der Waals surface area contributed by atoms with Crippen LogP contribution in [0.5, 0.6) is 0 Å². The Morgan fingerprint density at radius 2 is 2.00 bits per heavy atom. The second-order valence-electron chi connectivity index (χ2n) is 6.56. The average molecular weight is 366 g/mol. The van der Waals surface area contributed by atoms with Gasteiger partial charge in [-0.15, -0.1) is 0 Å². The first-order valence-electron chi connectivity index (χ1n) is 9.08. The van der Waals surface area contributed by atoms with Crippen LogP contribution in [0.4, 0.5) is 0 Å². The van der Waals surface area contributed by atoms with Gasteiger partial charge in [0.15, 0.2) is 0 Å². The summed E-state index contributed by atoms with van der Waals surface area (Å²) in [6.07, 6.45) is 1.72. The van der Waals surface area contributed by atoms with Crippen LogP contribution in [0.25, 0.3) is 17.2 Å². The van der Waals surface area contributed by atoms with Gasteiger partial charge >= 0.3 is 0 Å². The summed E-state index contributed by atoms with van der Waals surface area (Å²) in [6, 6.07) is 7.53. The van der Waals surface area contributed by atoms with Gasteiger partial charge in [0.25, 0.3) is 5.91 Å². The number of imidazole rings is 1. The molecule has 1 aliphatic rings. The minimum atomic E-state index is -0.0180. The van der Waals surface area contributed by atoms with Gasteiger partial charge in [-0.2, -0.15) is 4.98 Å². The predicted octanol–water partition coefficient (Wildman–Crippen LogP) is 2.35. The molecule has 0 N–H and O–H groups in total. The van der Waals surface area contributed by atoms with Crippen LogP contribution in [-0.4, -0.2) is 55.5 Å². The number of hydrogen-bond donors (Lipinski definition) is 0. The maximum Gasteiger partial charge on any atom is 0.256 e. The van der Waals surface area contributed by atoms with Crippen LogP contribution in [0.2, 0.25) is 0 Å². The molecule has 1 amide bonds. The summed E-state index contributed by atoms with van der Waals surface area (Å²) >= 11 is 0. The molecule has 1 aromatic carbocycles. The summed E-state index contributed by atoms with van der Waals surface area (Å²) in [5.74, 6) is 0.996. The average Bonchev–Trinajstić information content (AvgIpc) is 3.30. The Morgan fingerprint density at radius 3 is 2.78 bits per heavy atom. The maximum absolute atomic E-state index is 12.7. The lowest BCUT2D eigenvalue weighted by Gasteiger charge is -2.14. The van der Waals surface area contributed by atoms with Crippen LogP contribution < -0.4 is 0 Å². The van der Waals surface area contributed by atoms with Gasteiger partial charge in [0.1, 0.15) is 12.0 Å². The minimum Gasteiger partial charge on any atom is -0.337 e. The number of rotatable bonds is 5. The molecule has 140 valence electrons. The zero-order valence-electron chi connectivity index (χ0n) is 15.7. The fourth-order valence-electron chi connectivity index (χ4n) is 3.34. The molecule has 3 heterocycles. The Kier molecular flexibility index (Phi) is 4.49. The monoisotopic (exact) mass is 366 g/mol. The first-order chi connectivity index (χ1) is 13.1. The molecule has 2 aromatic heterocycles.